The van der Waals surface area contributed by atoms with E-state index in [9.17, 15) is 9.59 Å². The third-order valence-corrected chi connectivity index (χ3v) is 3.00. The van der Waals surface area contributed by atoms with Gasteiger partial charge in [-0.3, -0.25) is 9.59 Å². The first-order valence-corrected chi connectivity index (χ1v) is 5.59. The summed E-state index contributed by atoms with van der Waals surface area (Å²) in [6.45, 7) is 2.33. The molecule has 1 rings (SSSR count). The Labute approximate surface area is 90.0 Å². The molecular weight excluding hydrogens is 194 g/mol. The maximum atomic E-state index is 11.4. The molecule has 0 saturated heterocycles. The van der Waals surface area contributed by atoms with Crippen LogP contribution in [-0.2, 0) is 9.59 Å². The summed E-state index contributed by atoms with van der Waals surface area (Å²) in [6, 6.07) is 0. The van der Waals surface area contributed by atoms with Gasteiger partial charge in [0, 0.05) is 12.5 Å². The van der Waals surface area contributed by atoms with Crippen molar-refractivity contribution in [1.82, 2.24) is 5.32 Å². The number of carboxylic acid groups (broad SMARTS) is 1. The quantitative estimate of drug-likeness (QED) is 0.701. The normalized spacial score (nSPS) is 17.9. The molecule has 1 amide bonds. The Morgan fingerprint density at radius 1 is 1.47 bits per heavy atom. The Balaban J connectivity index is 2.08. The number of rotatable bonds is 6. The molecule has 1 atom stereocenters. The average Bonchev–Trinajstić information content (AvgIpc) is 2.07. The molecule has 15 heavy (non-hydrogen) atoms. The van der Waals surface area contributed by atoms with Gasteiger partial charge in [-0.25, -0.2) is 0 Å². The van der Waals surface area contributed by atoms with E-state index >= 15 is 0 Å². The zero-order valence-corrected chi connectivity index (χ0v) is 9.16. The number of amides is 1. The van der Waals surface area contributed by atoms with Crippen molar-refractivity contribution in [3.8, 4) is 0 Å². The molecule has 0 aromatic rings. The summed E-state index contributed by atoms with van der Waals surface area (Å²) in [4.78, 5) is 21.8. The second kappa shape index (κ2) is 5.73. The van der Waals surface area contributed by atoms with Crippen LogP contribution < -0.4 is 5.32 Å². The van der Waals surface area contributed by atoms with Crippen LogP contribution in [0.5, 0.6) is 0 Å². The van der Waals surface area contributed by atoms with Gasteiger partial charge in [0.2, 0.25) is 5.91 Å². The lowest BCUT2D eigenvalue weighted by molar-refractivity contribution is -0.140. The highest BCUT2D eigenvalue weighted by Crippen LogP contribution is 2.28. The lowest BCUT2D eigenvalue weighted by atomic mass is 9.83. The molecule has 0 aliphatic heterocycles. The van der Waals surface area contributed by atoms with Crippen LogP contribution in [0.3, 0.4) is 0 Å². The van der Waals surface area contributed by atoms with E-state index in [1.165, 1.54) is 19.3 Å². The van der Waals surface area contributed by atoms with Crippen molar-refractivity contribution in [3.05, 3.63) is 0 Å². The smallest absolute Gasteiger partial charge is 0.304 e. The van der Waals surface area contributed by atoms with Crippen LogP contribution in [0.15, 0.2) is 0 Å². The Morgan fingerprint density at radius 3 is 2.60 bits per heavy atom. The van der Waals surface area contributed by atoms with Gasteiger partial charge in [-0.05, 0) is 12.3 Å². The second-order valence-electron chi connectivity index (χ2n) is 4.38. The Hall–Kier alpha value is -1.06. The maximum Gasteiger partial charge on any atom is 0.304 e. The van der Waals surface area contributed by atoms with Gasteiger partial charge in [0.1, 0.15) is 0 Å². The van der Waals surface area contributed by atoms with Gasteiger partial charge in [-0.2, -0.15) is 0 Å². The van der Waals surface area contributed by atoms with E-state index in [2.05, 4.69) is 5.32 Å². The Bertz CT molecular complexity index is 236. The number of hydrogen-bond acceptors (Lipinski definition) is 2. The monoisotopic (exact) mass is 213 g/mol. The van der Waals surface area contributed by atoms with E-state index in [0.29, 0.717) is 6.54 Å². The number of carboxylic acids is 1. The van der Waals surface area contributed by atoms with Gasteiger partial charge in [-0.15, -0.1) is 0 Å². The second-order valence-corrected chi connectivity index (χ2v) is 4.38. The molecule has 0 heterocycles. The first-order chi connectivity index (χ1) is 7.09. The minimum atomic E-state index is -0.920. The zero-order chi connectivity index (χ0) is 11.3. The van der Waals surface area contributed by atoms with Crippen LogP contribution in [-0.4, -0.2) is 23.5 Å². The summed E-state index contributed by atoms with van der Waals surface area (Å²) in [6.07, 6.45) is 4.82. The molecule has 1 saturated carbocycles. The van der Waals surface area contributed by atoms with E-state index in [-0.39, 0.29) is 12.3 Å². The zero-order valence-electron chi connectivity index (χ0n) is 9.16. The molecule has 0 radical (unpaired) electrons. The van der Waals surface area contributed by atoms with Crippen molar-refractivity contribution < 1.29 is 14.7 Å². The van der Waals surface area contributed by atoms with Crippen molar-refractivity contribution in [2.24, 2.45) is 11.8 Å². The molecule has 4 heteroatoms. The predicted octanol–water partition coefficient (Wildman–Crippen LogP) is 1.40. The fraction of sp³-hybridized carbons (Fsp3) is 0.818. The maximum absolute atomic E-state index is 11.4. The van der Waals surface area contributed by atoms with Gasteiger partial charge in [0.25, 0.3) is 0 Å². The molecule has 0 spiro atoms. The summed E-state index contributed by atoms with van der Waals surface area (Å²) in [5.41, 5.74) is 0. The molecule has 1 fully saturated rings. The van der Waals surface area contributed by atoms with Crippen molar-refractivity contribution >= 4 is 11.9 Å². The number of hydrogen-bond donors (Lipinski definition) is 2. The molecule has 86 valence electrons. The molecular formula is C11H19NO3. The molecule has 0 bridgehead atoms. The van der Waals surface area contributed by atoms with Crippen LogP contribution >= 0.6 is 0 Å². The minimum absolute atomic E-state index is 0.0880. The molecule has 0 aromatic heterocycles. The van der Waals surface area contributed by atoms with E-state index in [0.717, 1.165) is 12.3 Å². The van der Waals surface area contributed by atoms with Gasteiger partial charge in [0.15, 0.2) is 0 Å². The molecule has 4 nitrogen and oxygen atoms in total. The fourth-order valence-corrected chi connectivity index (χ4v) is 1.71. The fourth-order valence-electron chi connectivity index (χ4n) is 1.71. The molecule has 2 N–H and O–H groups in total. The topological polar surface area (TPSA) is 66.4 Å². The highest BCUT2D eigenvalue weighted by molar-refractivity contribution is 5.82. The summed E-state index contributed by atoms with van der Waals surface area (Å²) in [5, 5.41) is 11.3. The SMILES string of the molecule is CC(CC(=O)O)C(=O)NCCC1CCC1. The van der Waals surface area contributed by atoms with Crippen LogP contribution in [0.1, 0.15) is 39.0 Å². The number of nitrogens with one attached hydrogen (secondary N) is 1. The summed E-state index contributed by atoms with van der Waals surface area (Å²) in [5.74, 6) is -0.711. The summed E-state index contributed by atoms with van der Waals surface area (Å²) in [7, 11) is 0. The van der Waals surface area contributed by atoms with Crippen molar-refractivity contribution in [1.29, 1.82) is 0 Å². The third kappa shape index (κ3) is 4.32. The summed E-state index contributed by atoms with van der Waals surface area (Å²) < 4.78 is 0. The summed E-state index contributed by atoms with van der Waals surface area (Å²) >= 11 is 0. The van der Waals surface area contributed by atoms with Crippen molar-refractivity contribution in [3.63, 3.8) is 0 Å². The van der Waals surface area contributed by atoms with Gasteiger partial charge >= 0.3 is 5.97 Å². The van der Waals surface area contributed by atoms with Crippen LogP contribution in [0.4, 0.5) is 0 Å². The largest absolute Gasteiger partial charge is 0.481 e. The lowest BCUT2D eigenvalue weighted by Crippen LogP contribution is -2.32. The number of carbonyl (C=O) groups excluding carboxylic acids is 1. The molecule has 0 aromatic carbocycles. The van der Waals surface area contributed by atoms with E-state index < -0.39 is 11.9 Å². The third-order valence-electron chi connectivity index (χ3n) is 3.00. The highest BCUT2D eigenvalue weighted by atomic mass is 16.4. The molecule has 1 unspecified atom stereocenters. The number of carbonyl (C=O) groups is 2. The highest BCUT2D eigenvalue weighted by Gasteiger charge is 2.19. The van der Waals surface area contributed by atoms with Crippen molar-refractivity contribution in [2.45, 2.75) is 39.0 Å². The van der Waals surface area contributed by atoms with Crippen LogP contribution in [0.2, 0.25) is 0 Å². The van der Waals surface area contributed by atoms with E-state index in [4.69, 9.17) is 5.11 Å². The lowest BCUT2D eigenvalue weighted by Gasteiger charge is -2.25. The molecule has 1 aliphatic carbocycles. The van der Waals surface area contributed by atoms with E-state index in [1.807, 2.05) is 0 Å². The van der Waals surface area contributed by atoms with Crippen LogP contribution in [0, 0.1) is 11.8 Å². The standard InChI is InChI=1S/C11H19NO3/c1-8(7-10(13)14)11(15)12-6-5-9-3-2-4-9/h8-9H,2-7H2,1H3,(H,12,15)(H,13,14). The van der Waals surface area contributed by atoms with Gasteiger partial charge in [-0.1, -0.05) is 26.2 Å². The first kappa shape index (κ1) is 12.0. The predicted molar refractivity (Wildman–Crippen MR) is 56.4 cm³/mol. The van der Waals surface area contributed by atoms with Gasteiger partial charge < -0.3 is 10.4 Å². The van der Waals surface area contributed by atoms with E-state index in [1.54, 1.807) is 6.92 Å². The van der Waals surface area contributed by atoms with Gasteiger partial charge in [0.05, 0.1) is 6.42 Å². The van der Waals surface area contributed by atoms with Crippen LogP contribution in [0.25, 0.3) is 0 Å². The Morgan fingerprint density at radius 2 is 2.13 bits per heavy atom. The first-order valence-electron chi connectivity index (χ1n) is 5.59. The number of aliphatic carboxylic acids is 1. The Kier molecular flexibility index (Phi) is 4.59. The molecule has 1 aliphatic rings. The van der Waals surface area contributed by atoms with Crippen molar-refractivity contribution in [2.75, 3.05) is 6.54 Å². The average molecular weight is 213 g/mol. The minimum Gasteiger partial charge on any atom is -0.481 e.